The highest BCUT2D eigenvalue weighted by Gasteiger charge is 2.20. The minimum absolute atomic E-state index is 0.159. The van der Waals surface area contributed by atoms with Gasteiger partial charge in [0.25, 0.3) is 11.2 Å². The lowest BCUT2D eigenvalue weighted by Crippen LogP contribution is -2.24. The molecule has 0 radical (unpaired) electrons. The van der Waals surface area contributed by atoms with E-state index >= 15 is 0 Å². The zero-order chi connectivity index (χ0) is 19.4. The van der Waals surface area contributed by atoms with Gasteiger partial charge in [-0.15, -0.1) is 0 Å². The number of benzene rings is 2. The number of ether oxygens (including phenoxy) is 2. The second kappa shape index (κ2) is 7.73. The maximum Gasteiger partial charge on any atom is 0.293 e. The molecule has 0 aliphatic heterocycles. The van der Waals surface area contributed by atoms with E-state index in [1.807, 2.05) is 0 Å². The van der Waals surface area contributed by atoms with Crippen molar-refractivity contribution in [3.63, 3.8) is 0 Å². The summed E-state index contributed by atoms with van der Waals surface area (Å²) in [7, 11) is 3.31. The second-order valence-electron chi connectivity index (χ2n) is 5.79. The number of hydrogen-bond acceptors (Lipinski definition) is 7. The number of likely N-dealkylation sites (N-methyl/N-ethyl adjacent to an activating group) is 1. The number of nitro benzene ring substituents is 1. The number of fused-ring (bicyclic) bond motifs is 1. The van der Waals surface area contributed by atoms with Gasteiger partial charge in [-0.2, -0.15) is 0 Å². The first kappa shape index (κ1) is 18.2. The summed E-state index contributed by atoms with van der Waals surface area (Å²) in [4.78, 5) is 31.0. The van der Waals surface area contributed by atoms with Crippen molar-refractivity contribution < 1.29 is 14.4 Å². The molecule has 1 heterocycles. The van der Waals surface area contributed by atoms with E-state index in [1.54, 1.807) is 43.3 Å². The highest BCUT2D eigenvalue weighted by Crippen LogP contribution is 2.30. The lowest BCUT2D eigenvalue weighted by molar-refractivity contribution is -0.384. The summed E-state index contributed by atoms with van der Waals surface area (Å²) in [6.07, 6.45) is 1.27. The molecule has 0 fully saturated rings. The molecule has 0 spiro atoms. The fraction of sp³-hybridized carbons (Fsp3) is 0.222. The summed E-state index contributed by atoms with van der Waals surface area (Å²) < 4.78 is 10.8. The first-order chi connectivity index (χ1) is 13.0. The number of aromatic nitrogens is 2. The molecule has 1 N–H and O–H groups in total. The van der Waals surface area contributed by atoms with Gasteiger partial charge in [0, 0.05) is 13.1 Å². The van der Waals surface area contributed by atoms with E-state index in [0.29, 0.717) is 30.1 Å². The van der Waals surface area contributed by atoms with Crippen LogP contribution < -0.4 is 19.9 Å². The zero-order valence-corrected chi connectivity index (χ0v) is 14.8. The predicted octanol–water partition coefficient (Wildman–Crippen LogP) is 2.36. The molecule has 0 unspecified atom stereocenters. The Balaban J connectivity index is 1.77. The lowest BCUT2D eigenvalue weighted by atomic mass is 10.1. The summed E-state index contributed by atoms with van der Waals surface area (Å²) in [5.41, 5.74) is 0.180. The Morgan fingerprint density at radius 1 is 1.22 bits per heavy atom. The van der Waals surface area contributed by atoms with Crippen molar-refractivity contribution in [3.05, 3.63) is 63.2 Å². The minimum Gasteiger partial charge on any atom is -0.497 e. The van der Waals surface area contributed by atoms with E-state index in [1.165, 1.54) is 18.5 Å². The number of H-pyrrole nitrogens is 1. The van der Waals surface area contributed by atoms with Crippen molar-refractivity contribution in [1.82, 2.24) is 9.97 Å². The Morgan fingerprint density at radius 2 is 1.93 bits per heavy atom. The average Bonchev–Trinajstić information content (AvgIpc) is 2.67. The Hall–Kier alpha value is -3.62. The fourth-order valence-electron chi connectivity index (χ4n) is 2.64. The van der Waals surface area contributed by atoms with Crippen molar-refractivity contribution in [2.24, 2.45) is 0 Å². The van der Waals surface area contributed by atoms with Crippen LogP contribution in [0.1, 0.15) is 0 Å². The Kier molecular flexibility index (Phi) is 5.20. The number of nitrogens with zero attached hydrogens (tertiary/aromatic N) is 3. The van der Waals surface area contributed by atoms with Crippen LogP contribution >= 0.6 is 0 Å². The van der Waals surface area contributed by atoms with Crippen LogP contribution in [-0.4, -0.2) is 42.2 Å². The van der Waals surface area contributed by atoms with E-state index < -0.39 is 10.5 Å². The van der Waals surface area contributed by atoms with Gasteiger partial charge in [-0.05, 0) is 30.3 Å². The summed E-state index contributed by atoms with van der Waals surface area (Å²) in [6.45, 7) is 0.725. The third-order valence-corrected chi connectivity index (χ3v) is 4.10. The minimum atomic E-state index is -0.512. The van der Waals surface area contributed by atoms with E-state index in [9.17, 15) is 14.9 Å². The molecule has 0 aliphatic rings. The van der Waals surface area contributed by atoms with Crippen LogP contribution in [0.25, 0.3) is 10.9 Å². The maximum absolute atomic E-state index is 11.8. The molecule has 0 amide bonds. The largest absolute Gasteiger partial charge is 0.497 e. The molecule has 0 bridgehead atoms. The van der Waals surface area contributed by atoms with Gasteiger partial charge in [-0.3, -0.25) is 14.9 Å². The topological polar surface area (TPSA) is 111 Å². The normalized spacial score (nSPS) is 10.6. The van der Waals surface area contributed by atoms with Crippen LogP contribution in [0.5, 0.6) is 11.5 Å². The third kappa shape index (κ3) is 3.97. The van der Waals surface area contributed by atoms with Gasteiger partial charge < -0.3 is 19.4 Å². The fourth-order valence-corrected chi connectivity index (χ4v) is 2.64. The van der Waals surface area contributed by atoms with Crippen LogP contribution in [0.15, 0.2) is 47.5 Å². The van der Waals surface area contributed by atoms with Gasteiger partial charge in [0.2, 0.25) is 0 Å². The molecular weight excluding hydrogens is 352 g/mol. The van der Waals surface area contributed by atoms with Crippen molar-refractivity contribution >= 4 is 22.3 Å². The second-order valence-corrected chi connectivity index (χ2v) is 5.79. The highest BCUT2D eigenvalue weighted by molar-refractivity contribution is 5.86. The van der Waals surface area contributed by atoms with Gasteiger partial charge >= 0.3 is 0 Å². The van der Waals surface area contributed by atoms with E-state index in [4.69, 9.17) is 9.47 Å². The number of rotatable bonds is 7. The molecule has 3 rings (SSSR count). The van der Waals surface area contributed by atoms with Crippen LogP contribution in [-0.2, 0) is 0 Å². The molecule has 9 nitrogen and oxygen atoms in total. The van der Waals surface area contributed by atoms with E-state index in [2.05, 4.69) is 9.97 Å². The predicted molar refractivity (Wildman–Crippen MR) is 101 cm³/mol. The lowest BCUT2D eigenvalue weighted by Gasteiger charge is -2.19. The summed E-state index contributed by atoms with van der Waals surface area (Å²) in [5.74, 6) is 1.40. The first-order valence-electron chi connectivity index (χ1n) is 8.13. The molecule has 2 aromatic carbocycles. The number of anilines is 1. The Morgan fingerprint density at radius 3 is 2.59 bits per heavy atom. The quantitative estimate of drug-likeness (QED) is 0.502. The molecule has 1 aromatic heterocycles. The van der Waals surface area contributed by atoms with Crippen molar-refractivity contribution in [1.29, 1.82) is 0 Å². The Labute approximate surface area is 154 Å². The number of methoxy groups -OCH3 is 1. The molecular formula is C18H18N4O5. The van der Waals surface area contributed by atoms with E-state index in [0.717, 1.165) is 5.75 Å². The summed E-state index contributed by atoms with van der Waals surface area (Å²) in [6, 6.07) is 9.93. The summed E-state index contributed by atoms with van der Waals surface area (Å²) >= 11 is 0. The van der Waals surface area contributed by atoms with Crippen molar-refractivity contribution in [3.8, 4) is 11.5 Å². The number of aromatic amines is 1. The van der Waals surface area contributed by atoms with Crippen LogP contribution in [0.4, 0.5) is 11.4 Å². The van der Waals surface area contributed by atoms with Crippen LogP contribution in [0.3, 0.4) is 0 Å². The monoisotopic (exact) mass is 370 g/mol. The van der Waals surface area contributed by atoms with Crippen LogP contribution in [0.2, 0.25) is 0 Å². The zero-order valence-electron chi connectivity index (χ0n) is 14.8. The molecule has 3 aromatic rings. The first-order valence-corrected chi connectivity index (χ1v) is 8.13. The molecule has 140 valence electrons. The molecule has 0 saturated carbocycles. The average molecular weight is 370 g/mol. The highest BCUT2D eigenvalue weighted by atomic mass is 16.6. The van der Waals surface area contributed by atoms with Gasteiger partial charge in [0.1, 0.15) is 23.8 Å². The maximum atomic E-state index is 11.8. The van der Waals surface area contributed by atoms with Crippen molar-refractivity contribution in [2.75, 3.05) is 32.2 Å². The smallest absolute Gasteiger partial charge is 0.293 e. The van der Waals surface area contributed by atoms with Gasteiger partial charge in [0.05, 0.1) is 35.8 Å². The summed E-state index contributed by atoms with van der Waals surface area (Å²) in [5, 5.41) is 11.6. The number of hydrogen-bond donors (Lipinski definition) is 1. The molecule has 0 atom stereocenters. The van der Waals surface area contributed by atoms with Crippen molar-refractivity contribution in [2.45, 2.75) is 0 Å². The molecule has 0 aliphatic carbocycles. The van der Waals surface area contributed by atoms with Gasteiger partial charge in [-0.1, -0.05) is 0 Å². The molecule has 9 heteroatoms. The number of nitrogens with one attached hydrogen (secondary N) is 1. The van der Waals surface area contributed by atoms with Gasteiger partial charge in [0.15, 0.2) is 0 Å². The Bertz CT molecular complexity index is 1020. The standard InChI is InChI=1S/C18H18N4O5/c1-21(7-8-27-13-5-3-12(26-2)4-6-13)16-10-15-14(9-17(16)22(24)25)18(23)20-11-19-15/h3-6,9-11H,7-8H2,1-2H3,(H,19,20,23). The molecule has 0 saturated heterocycles. The number of nitro groups is 1. The van der Waals surface area contributed by atoms with E-state index in [-0.39, 0.29) is 11.1 Å². The van der Waals surface area contributed by atoms with Gasteiger partial charge in [-0.25, -0.2) is 4.98 Å². The third-order valence-electron chi connectivity index (χ3n) is 4.10. The SMILES string of the molecule is COc1ccc(OCCN(C)c2cc3nc[nH]c(=O)c3cc2[N+](=O)[O-])cc1. The van der Waals surface area contributed by atoms with Crippen LogP contribution in [0, 0.1) is 10.1 Å². The molecule has 27 heavy (non-hydrogen) atoms.